The largest absolute Gasteiger partial charge is 0.225 e. The zero-order valence-electron chi connectivity index (χ0n) is 6.49. The van der Waals surface area contributed by atoms with Crippen LogP contribution in [0.4, 0.5) is 0 Å². The first-order chi connectivity index (χ1) is 6.42. The highest BCUT2D eigenvalue weighted by Crippen LogP contribution is 2.19. The van der Waals surface area contributed by atoms with Gasteiger partial charge in [-0.2, -0.15) is 4.68 Å². The summed E-state index contributed by atoms with van der Waals surface area (Å²) in [6.07, 6.45) is 0. The molecule has 0 aliphatic carbocycles. The number of nitrogens with zero attached hydrogens (tertiary/aromatic N) is 4. The number of hydrogen-bond acceptors (Lipinski definition) is 4. The second kappa shape index (κ2) is 3.80. The van der Waals surface area contributed by atoms with Crippen molar-refractivity contribution >= 4 is 22.5 Å². The Morgan fingerprint density at radius 3 is 2.69 bits per heavy atom. The van der Waals surface area contributed by atoms with Crippen molar-refractivity contribution in [2.45, 2.75) is 5.16 Å². The van der Waals surface area contributed by atoms with Crippen molar-refractivity contribution in [1.82, 2.24) is 20.2 Å². The maximum atomic E-state index is 4.81. The van der Waals surface area contributed by atoms with Crippen LogP contribution >= 0.6 is 22.5 Å². The molecule has 2 rings (SSSR count). The Labute approximate surface area is 84.2 Å². The molecule has 0 atom stereocenters. The van der Waals surface area contributed by atoms with Crippen molar-refractivity contribution in [2.75, 3.05) is 0 Å². The molecule has 0 aliphatic heterocycles. The lowest BCUT2D eigenvalue weighted by Crippen LogP contribution is -1.97. The van der Waals surface area contributed by atoms with Crippen LogP contribution in [0.25, 0.3) is 5.69 Å². The summed E-state index contributed by atoms with van der Waals surface area (Å²) in [6.45, 7) is 0. The molecule has 0 fully saturated rings. The third-order valence-corrected chi connectivity index (χ3v) is 2.37. The van der Waals surface area contributed by atoms with E-state index in [1.54, 1.807) is 4.68 Å². The number of tetrazole rings is 1. The molecule has 0 saturated heterocycles. The van der Waals surface area contributed by atoms with Crippen LogP contribution in [0.15, 0.2) is 35.5 Å². The Hall–Kier alpha value is -1.01. The number of hydrogen-bond donors (Lipinski definition) is 0. The van der Waals surface area contributed by atoms with Gasteiger partial charge in [-0.05, 0) is 45.0 Å². The molecule has 1 radical (unpaired) electrons. The molecule has 0 aliphatic rings. The van der Waals surface area contributed by atoms with E-state index in [0.29, 0.717) is 5.16 Å². The molecule has 0 amide bonds. The normalized spacial score (nSPS) is 10.2. The maximum absolute atomic E-state index is 4.81. The first kappa shape index (κ1) is 8.58. The van der Waals surface area contributed by atoms with E-state index < -0.39 is 0 Å². The fourth-order valence-corrected chi connectivity index (χ4v) is 1.56. The summed E-state index contributed by atoms with van der Waals surface area (Å²) in [5, 5.41) is 11.8. The van der Waals surface area contributed by atoms with Crippen LogP contribution in [0.3, 0.4) is 0 Å². The van der Waals surface area contributed by atoms with Gasteiger partial charge in [0, 0.05) is 0 Å². The summed E-state index contributed by atoms with van der Waals surface area (Å²) in [6, 6.07) is 9.63. The lowest BCUT2D eigenvalue weighted by molar-refractivity contribution is 0.758. The van der Waals surface area contributed by atoms with Crippen LogP contribution in [-0.2, 0) is 0 Å². The number of para-hydroxylation sites is 1. The number of rotatable bonds is 2. The predicted octanol–water partition coefficient (Wildman–Crippen LogP) is 1.87. The summed E-state index contributed by atoms with van der Waals surface area (Å²) in [5.41, 5.74) is 0.917. The minimum atomic E-state index is 0.612. The molecule has 2 aromatic rings. The maximum Gasteiger partial charge on any atom is 0.225 e. The molecule has 13 heavy (non-hydrogen) atoms. The molecule has 1 aromatic carbocycles. The van der Waals surface area contributed by atoms with Crippen LogP contribution in [-0.4, -0.2) is 20.2 Å². The zero-order valence-corrected chi connectivity index (χ0v) is 8.13. The lowest BCUT2D eigenvalue weighted by atomic mass is 10.3. The summed E-state index contributed by atoms with van der Waals surface area (Å²) in [4.78, 5) is 0. The van der Waals surface area contributed by atoms with Crippen molar-refractivity contribution in [3.63, 3.8) is 0 Å². The van der Waals surface area contributed by atoms with Crippen molar-refractivity contribution in [2.24, 2.45) is 0 Å². The highest BCUT2D eigenvalue weighted by atomic mass is 33.1. The van der Waals surface area contributed by atoms with Gasteiger partial charge >= 0.3 is 0 Å². The van der Waals surface area contributed by atoms with Crippen LogP contribution in [0.2, 0.25) is 0 Å². The second-order valence-electron chi connectivity index (χ2n) is 2.29. The summed E-state index contributed by atoms with van der Waals surface area (Å²) in [5.74, 6) is 0. The summed E-state index contributed by atoms with van der Waals surface area (Å²) in [7, 11) is 1.11. The SMILES string of the molecule is [S]Sc1nnnn1-c1ccccc1. The molecule has 1 aromatic heterocycles. The third-order valence-electron chi connectivity index (χ3n) is 1.52. The Morgan fingerprint density at radius 2 is 2.00 bits per heavy atom. The smallest absolute Gasteiger partial charge is 0.187 e. The fourth-order valence-electron chi connectivity index (χ4n) is 0.962. The van der Waals surface area contributed by atoms with Gasteiger partial charge in [0.1, 0.15) is 0 Å². The van der Waals surface area contributed by atoms with E-state index in [2.05, 4.69) is 15.5 Å². The zero-order chi connectivity index (χ0) is 9.10. The van der Waals surface area contributed by atoms with Gasteiger partial charge in [0.2, 0.25) is 5.16 Å². The monoisotopic (exact) mass is 209 g/mol. The van der Waals surface area contributed by atoms with Crippen molar-refractivity contribution < 1.29 is 0 Å². The summed E-state index contributed by atoms with van der Waals surface area (Å²) < 4.78 is 1.61. The molecule has 65 valence electrons. The second-order valence-corrected chi connectivity index (χ2v) is 3.32. The van der Waals surface area contributed by atoms with Gasteiger partial charge in [-0.3, -0.25) is 0 Å². The Kier molecular flexibility index (Phi) is 2.51. The summed E-state index contributed by atoms with van der Waals surface area (Å²) >= 11 is 4.81. The van der Waals surface area contributed by atoms with Gasteiger partial charge in [-0.25, -0.2) is 0 Å². The van der Waals surface area contributed by atoms with E-state index in [9.17, 15) is 0 Å². The molecule has 1 heterocycles. The topological polar surface area (TPSA) is 43.6 Å². The average Bonchev–Trinajstić information content (AvgIpc) is 2.67. The van der Waals surface area contributed by atoms with E-state index in [-0.39, 0.29) is 0 Å². The van der Waals surface area contributed by atoms with Gasteiger partial charge in [0.25, 0.3) is 0 Å². The number of benzene rings is 1. The van der Waals surface area contributed by atoms with Gasteiger partial charge in [-0.15, -0.1) is 5.10 Å². The molecule has 0 saturated carbocycles. The third kappa shape index (κ3) is 1.68. The lowest BCUT2D eigenvalue weighted by Gasteiger charge is -1.99. The molecule has 0 bridgehead atoms. The molecular formula is C7H5N4S2. The van der Waals surface area contributed by atoms with Crippen molar-refractivity contribution in [3.8, 4) is 5.69 Å². The molecule has 6 heteroatoms. The van der Waals surface area contributed by atoms with E-state index in [1.165, 1.54) is 0 Å². The quantitative estimate of drug-likeness (QED) is 0.708. The first-order valence-corrected chi connectivity index (χ1v) is 5.29. The van der Waals surface area contributed by atoms with E-state index >= 15 is 0 Å². The highest BCUT2D eigenvalue weighted by Gasteiger charge is 2.05. The molecule has 0 spiro atoms. The van der Waals surface area contributed by atoms with E-state index in [4.69, 9.17) is 11.7 Å². The van der Waals surface area contributed by atoms with Gasteiger partial charge in [0.05, 0.1) is 5.69 Å². The molecular weight excluding hydrogens is 204 g/mol. The van der Waals surface area contributed by atoms with Crippen LogP contribution in [0.1, 0.15) is 0 Å². The minimum absolute atomic E-state index is 0.612. The predicted molar refractivity (Wildman–Crippen MR) is 52.6 cm³/mol. The Balaban J connectivity index is 2.47. The van der Waals surface area contributed by atoms with Gasteiger partial charge in [-0.1, -0.05) is 18.2 Å². The van der Waals surface area contributed by atoms with Crippen molar-refractivity contribution in [3.05, 3.63) is 30.3 Å². The average molecular weight is 209 g/mol. The van der Waals surface area contributed by atoms with Crippen LogP contribution in [0, 0.1) is 0 Å². The standard InChI is InChI=1S/C7H5N4S2/c12-13-7-8-9-10-11(7)6-4-2-1-3-5-6/h1-5H. The minimum Gasteiger partial charge on any atom is -0.187 e. The van der Waals surface area contributed by atoms with Crippen LogP contribution < -0.4 is 0 Å². The Morgan fingerprint density at radius 1 is 1.23 bits per heavy atom. The van der Waals surface area contributed by atoms with Gasteiger partial charge in [0.15, 0.2) is 0 Å². The Bertz CT molecular complexity index is 386. The van der Waals surface area contributed by atoms with E-state index in [1.807, 2.05) is 30.3 Å². The molecule has 0 unspecified atom stereocenters. The van der Waals surface area contributed by atoms with E-state index in [0.717, 1.165) is 16.5 Å². The molecule has 4 nitrogen and oxygen atoms in total. The first-order valence-electron chi connectivity index (χ1n) is 3.55. The van der Waals surface area contributed by atoms with Crippen LogP contribution in [0.5, 0.6) is 0 Å². The van der Waals surface area contributed by atoms with Gasteiger partial charge < -0.3 is 0 Å². The number of aromatic nitrogens is 4. The fraction of sp³-hybridized carbons (Fsp3) is 0. The molecule has 0 N–H and O–H groups in total. The highest BCUT2D eigenvalue weighted by molar-refractivity contribution is 8.68. The van der Waals surface area contributed by atoms with Crippen molar-refractivity contribution in [1.29, 1.82) is 0 Å².